The van der Waals surface area contributed by atoms with Crippen molar-refractivity contribution < 1.29 is 0 Å². The van der Waals surface area contributed by atoms with Gasteiger partial charge in [-0.05, 0) is 54.5 Å². The van der Waals surface area contributed by atoms with Gasteiger partial charge in [0.05, 0.1) is 11.7 Å². The van der Waals surface area contributed by atoms with E-state index in [2.05, 4.69) is 26.7 Å². The van der Waals surface area contributed by atoms with Gasteiger partial charge in [-0.3, -0.25) is 0 Å². The first-order chi connectivity index (χ1) is 8.93. The van der Waals surface area contributed by atoms with Gasteiger partial charge in [0.1, 0.15) is 0 Å². The summed E-state index contributed by atoms with van der Waals surface area (Å²) >= 11 is 1.79. The van der Waals surface area contributed by atoms with Crippen LogP contribution in [-0.2, 0) is 12.8 Å². The largest absolute Gasteiger partial charge is 0.356 e. The molecular formula is C14H17N3S. The molecule has 3 heterocycles. The van der Waals surface area contributed by atoms with Gasteiger partial charge >= 0.3 is 0 Å². The van der Waals surface area contributed by atoms with Crippen LogP contribution in [0.1, 0.15) is 42.3 Å². The van der Waals surface area contributed by atoms with E-state index in [1.165, 1.54) is 42.6 Å². The van der Waals surface area contributed by atoms with Crippen LogP contribution in [0, 0.1) is 0 Å². The molecular weight excluding hydrogens is 242 g/mol. The van der Waals surface area contributed by atoms with Crippen molar-refractivity contribution in [2.24, 2.45) is 0 Å². The number of anilines is 1. The van der Waals surface area contributed by atoms with E-state index in [0.29, 0.717) is 6.04 Å². The molecule has 0 spiro atoms. The summed E-state index contributed by atoms with van der Waals surface area (Å²) in [5.74, 6) is 1.10. The first kappa shape index (κ1) is 10.6. The molecule has 0 aromatic carbocycles. The molecule has 0 bridgehead atoms. The van der Waals surface area contributed by atoms with Crippen LogP contribution in [0.25, 0.3) is 0 Å². The topological polar surface area (TPSA) is 29.9 Å². The molecule has 2 aromatic heterocycles. The maximum absolute atomic E-state index is 4.81. The highest BCUT2D eigenvalue weighted by Gasteiger charge is 2.28. The predicted octanol–water partition coefficient (Wildman–Crippen LogP) is 3.23. The standard InChI is InChI=1S/C14H17N3S/c1-2-4-13-11(3-1)16-14-15-7-5-12(17(13)14)10-6-8-18-9-10/h6,8-9,12H,1-5,7H2,(H,15,16). The van der Waals surface area contributed by atoms with Gasteiger partial charge in [-0.15, -0.1) is 0 Å². The average molecular weight is 259 g/mol. The molecule has 0 saturated carbocycles. The second-order valence-corrected chi connectivity index (χ2v) is 5.97. The van der Waals surface area contributed by atoms with Gasteiger partial charge in [0.25, 0.3) is 0 Å². The molecule has 18 heavy (non-hydrogen) atoms. The molecule has 0 radical (unpaired) electrons. The van der Waals surface area contributed by atoms with E-state index in [1.54, 1.807) is 11.3 Å². The van der Waals surface area contributed by atoms with E-state index in [0.717, 1.165) is 18.9 Å². The minimum atomic E-state index is 0.502. The summed E-state index contributed by atoms with van der Waals surface area (Å²) in [6.45, 7) is 1.04. The minimum absolute atomic E-state index is 0.502. The molecule has 0 fully saturated rings. The number of aromatic nitrogens is 2. The number of rotatable bonds is 1. The maximum Gasteiger partial charge on any atom is 0.203 e. The lowest BCUT2D eigenvalue weighted by molar-refractivity contribution is 0.502. The fourth-order valence-corrected chi connectivity index (χ4v) is 3.96. The molecule has 1 aliphatic carbocycles. The number of hydrogen-bond donors (Lipinski definition) is 1. The van der Waals surface area contributed by atoms with Gasteiger partial charge in [0, 0.05) is 12.2 Å². The Morgan fingerprint density at radius 2 is 2.28 bits per heavy atom. The van der Waals surface area contributed by atoms with Gasteiger partial charge < -0.3 is 9.88 Å². The van der Waals surface area contributed by atoms with Gasteiger partial charge in [0.2, 0.25) is 5.95 Å². The van der Waals surface area contributed by atoms with Crippen LogP contribution < -0.4 is 5.32 Å². The Balaban J connectivity index is 1.85. The second kappa shape index (κ2) is 4.12. The third-order valence-electron chi connectivity index (χ3n) is 4.11. The lowest BCUT2D eigenvalue weighted by Crippen LogP contribution is -2.25. The smallest absolute Gasteiger partial charge is 0.203 e. The lowest BCUT2D eigenvalue weighted by atomic mass is 9.99. The highest BCUT2D eigenvalue weighted by Crippen LogP contribution is 2.35. The number of nitrogens with zero attached hydrogens (tertiary/aromatic N) is 2. The third-order valence-corrected chi connectivity index (χ3v) is 4.81. The summed E-state index contributed by atoms with van der Waals surface area (Å²) in [7, 11) is 0. The number of fused-ring (bicyclic) bond motifs is 3. The van der Waals surface area contributed by atoms with Crippen LogP contribution in [-0.4, -0.2) is 16.1 Å². The maximum atomic E-state index is 4.81. The highest BCUT2D eigenvalue weighted by atomic mass is 32.1. The first-order valence-corrected chi connectivity index (χ1v) is 7.74. The summed E-state index contributed by atoms with van der Waals surface area (Å²) in [6, 6.07) is 2.77. The highest BCUT2D eigenvalue weighted by molar-refractivity contribution is 7.07. The van der Waals surface area contributed by atoms with Gasteiger partial charge in [-0.1, -0.05) is 0 Å². The van der Waals surface area contributed by atoms with Gasteiger partial charge in [-0.2, -0.15) is 11.3 Å². The molecule has 0 amide bonds. The van der Waals surface area contributed by atoms with Crippen molar-refractivity contribution in [1.29, 1.82) is 0 Å². The Hall–Kier alpha value is -1.29. The van der Waals surface area contributed by atoms with Crippen LogP contribution in [0.15, 0.2) is 16.8 Å². The van der Waals surface area contributed by atoms with Crippen LogP contribution in [0.4, 0.5) is 5.95 Å². The Labute approximate surface area is 111 Å². The Morgan fingerprint density at radius 1 is 1.33 bits per heavy atom. The molecule has 2 aromatic rings. The fraction of sp³-hybridized carbons (Fsp3) is 0.500. The zero-order valence-corrected chi connectivity index (χ0v) is 11.2. The normalized spacial score (nSPS) is 22.1. The molecule has 1 unspecified atom stereocenters. The average Bonchev–Trinajstić information content (AvgIpc) is 3.05. The Kier molecular flexibility index (Phi) is 2.43. The van der Waals surface area contributed by atoms with Crippen LogP contribution in [0.3, 0.4) is 0 Å². The number of hydrogen-bond acceptors (Lipinski definition) is 3. The first-order valence-electron chi connectivity index (χ1n) is 6.79. The van der Waals surface area contributed by atoms with Crippen molar-refractivity contribution >= 4 is 17.3 Å². The quantitative estimate of drug-likeness (QED) is 0.852. The van der Waals surface area contributed by atoms with Crippen molar-refractivity contribution in [1.82, 2.24) is 9.55 Å². The van der Waals surface area contributed by atoms with E-state index in [9.17, 15) is 0 Å². The van der Waals surface area contributed by atoms with E-state index in [-0.39, 0.29) is 0 Å². The van der Waals surface area contributed by atoms with Crippen LogP contribution in [0.2, 0.25) is 0 Å². The summed E-state index contributed by atoms with van der Waals surface area (Å²) in [5.41, 5.74) is 4.28. The summed E-state index contributed by atoms with van der Waals surface area (Å²) in [5, 5.41) is 7.93. The number of imidazole rings is 1. The van der Waals surface area contributed by atoms with Gasteiger partial charge in [-0.25, -0.2) is 4.98 Å². The molecule has 0 saturated heterocycles. The molecule has 1 N–H and O–H groups in total. The zero-order valence-electron chi connectivity index (χ0n) is 10.4. The zero-order chi connectivity index (χ0) is 11.9. The van der Waals surface area contributed by atoms with E-state index < -0.39 is 0 Å². The monoisotopic (exact) mass is 259 g/mol. The van der Waals surface area contributed by atoms with E-state index >= 15 is 0 Å². The van der Waals surface area contributed by atoms with Crippen molar-refractivity contribution in [3.63, 3.8) is 0 Å². The molecule has 4 heteroatoms. The SMILES string of the molecule is c1cc(C2CCNc3nc4c(n32)CCCC4)cs1. The van der Waals surface area contributed by atoms with E-state index in [4.69, 9.17) is 4.98 Å². The summed E-state index contributed by atoms with van der Waals surface area (Å²) in [4.78, 5) is 4.81. The van der Waals surface area contributed by atoms with Crippen molar-refractivity contribution in [3.05, 3.63) is 33.8 Å². The Morgan fingerprint density at radius 3 is 3.17 bits per heavy atom. The molecule has 94 valence electrons. The number of thiophene rings is 1. The molecule has 4 rings (SSSR count). The minimum Gasteiger partial charge on any atom is -0.356 e. The molecule has 1 aliphatic heterocycles. The van der Waals surface area contributed by atoms with Crippen molar-refractivity contribution in [3.8, 4) is 0 Å². The van der Waals surface area contributed by atoms with Crippen LogP contribution >= 0.6 is 11.3 Å². The van der Waals surface area contributed by atoms with E-state index in [1.807, 2.05) is 0 Å². The number of nitrogens with one attached hydrogen (secondary N) is 1. The number of aryl methyl sites for hydroxylation is 1. The third kappa shape index (κ3) is 1.52. The predicted molar refractivity (Wildman–Crippen MR) is 74.4 cm³/mol. The second-order valence-electron chi connectivity index (χ2n) is 5.19. The lowest BCUT2D eigenvalue weighted by Gasteiger charge is -2.28. The van der Waals surface area contributed by atoms with Crippen molar-refractivity contribution in [2.75, 3.05) is 11.9 Å². The molecule has 3 nitrogen and oxygen atoms in total. The molecule has 1 atom stereocenters. The van der Waals surface area contributed by atoms with Crippen LogP contribution in [0.5, 0.6) is 0 Å². The summed E-state index contributed by atoms with van der Waals surface area (Å²) in [6.07, 6.45) is 6.14. The fourth-order valence-electron chi connectivity index (χ4n) is 3.25. The summed E-state index contributed by atoms with van der Waals surface area (Å²) < 4.78 is 2.47. The molecule has 2 aliphatic rings. The van der Waals surface area contributed by atoms with Crippen molar-refractivity contribution in [2.45, 2.75) is 38.1 Å². The Bertz CT molecular complexity index is 556. The van der Waals surface area contributed by atoms with Gasteiger partial charge in [0.15, 0.2) is 0 Å².